The van der Waals surface area contributed by atoms with Crippen molar-refractivity contribution >= 4 is 5.69 Å². The van der Waals surface area contributed by atoms with Gasteiger partial charge in [-0.3, -0.25) is 0 Å². The molecule has 1 rings (SSSR count). The van der Waals surface area contributed by atoms with Crippen LogP contribution in [0.2, 0.25) is 0 Å². The van der Waals surface area contributed by atoms with Crippen LogP contribution in [0.4, 0.5) is 5.69 Å². The van der Waals surface area contributed by atoms with E-state index in [0.29, 0.717) is 6.04 Å². The molecule has 3 heteroatoms. The van der Waals surface area contributed by atoms with Crippen LogP contribution in [0.25, 0.3) is 0 Å². The molecule has 0 aliphatic heterocycles. The molecule has 120 valence electrons. The van der Waals surface area contributed by atoms with Crippen molar-refractivity contribution in [1.82, 2.24) is 5.32 Å². The van der Waals surface area contributed by atoms with Crippen LogP contribution in [0.1, 0.15) is 45.6 Å². The number of hydrogen-bond acceptors (Lipinski definition) is 3. The first-order valence-corrected chi connectivity index (χ1v) is 8.31. The molecule has 21 heavy (non-hydrogen) atoms. The fraction of sp³-hybridized carbons (Fsp3) is 0.667. The lowest BCUT2D eigenvalue weighted by Crippen LogP contribution is -2.37. The zero-order chi connectivity index (χ0) is 15.5. The quantitative estimate of drug-likeness (QED) is 0.627. The zero-order valence-electron chi connectivity index (χ0n) is 14.2. The van der Waals surface area contributed by atoms with Gasteiger partial charge in [0, 0.05) is 31.9 Å². The maximum absolute atomic E-state index is 5.27. The van der Waals surface area contributed by atoms with E-state index in [0.717, 1.165) is 26.2 Å². The van der Waals surface area contributed by atoms with Gasteiger partial charge in [0.15, 0.2) is 0 Å². The van der Waals surface area contributed by atoms with Crippen molar-refractivity contribution in [2.75, 3.05) is 31.7 Å². The van der Waals surface area contributed by atoms with E-state index in [1.807, 2.05) is 0 Å². The minimum atomic E-state index is 0.587. The highest BCUT2D eigenvalue weighted by Gasteiger charge is 2.15. The smallest absolute Gasteiger partial charge is 0.0637 e. The van der Waals surface area contributed by atoms with Gasteiger partial charge in [0.2, 0.25) is 0 Å². The van der Waals surface area contributed by atoms with E-state index in [-0.39, 0.29) is 0 Å². The van der Waals surface area contributed by atoms with E-state index in [1.54, 1.807) is 7.11 Å². The van der Waals surface area contributed by atoms with Crippen LogP contribution in [0.3, 0.4) is 0 Å². The van der Waals surface area contributed by atoms with Gasteiger partial charge in [-0.15, -0.1) is 0 Å². The summed E-state index contributed by atoms with van der Waals surface area (Å²) in [5, 5.41) is 3.45. The van der Waals surface area contributed by atoms with Gasteiger partial charge in [-0.25, -0.2) is 0 Å². The summed E-state index contributed by atoms with van der Waals surface area (Å²) < 4.78 is 5.27. The topological polar surface area (TPSA) is 24.5 Å². The summed E-state index contributed by atoms with van der Waals surface area (Å²) >= 11 is 0. The SMILES string of the molecule is CCCNCc1ccc(N(CCOC)C(CC)CC)cc1. The van der Waals surface area contributed by atoms with Crippen molar-refractivity contribution < 1.29 is 4.74 Å². The second-order valence-corrected chi connectivity index (χ2v) is 5.50. The molecular weight excluding hydrogens is 260 g/mol. The van der Waals surface area contributed by atoms with Gasteiger partial charge in [0.25, 0.3) is 0 Å². The molecule has 1 aromatic carbocycles. The van der Waals surface area contributed by atoms with E-state index >= 15 is 0 Å². The number of hydrogen-bond donors (Lipinski definition) is 1. The Morgan fingerprint density at radius 1 is 1.10 bits per heavy atom. The predicted molar refractivity (Wildman–Crippen MR) is 92.0 cm³/mol. The fourth-order valence-electron chi connectivity index (χ4n) is 2.66. The van der Waals surface area contributed by atoms with E-state index in [2.05, 4.69) is 55.3 Å². The highest BCUT2D eigenvalue weighted by atomic mass is 16.5. The molecule has 1 N–H and O–H groups in total. The van der Waals surface area contributed by atoms with Crippen LogP contribution in [-0.4, -0.2) is 32.8 Å². The first kappa shape index (κ1) is 18.0. The van der Waals surface area contributed by atoms with Crippen LogP contribution in [0.5, 0.6) is 0 Å². The maximum Gasteiger partial charge on any atom is 0.0637 e. The summed E-state index contributed by atoms with van der Waals surface area (Å²) in [6, 6.07) is 9.55. The van der Waals surface area contributed by atoms with Gasteiger partial charge in [-0.05, 0) is 43.5 Å². The van der Waals surface area contributed by atoms with Crippen molar-refractivity contribution in [3.8, 4) is 0 Å². The van der Waals surface area contributed by atoms with Crippen molar-refractivity contribution in [3.05, 3.63) is 29.8 Å². The molecule has 0 atom stereocenters. The average molecular weight is 292 g/mol. The Morgan fingerprint density at radius 2 is 1.76 bits per heavy atom. The molecule has 0 aliphatic carbocycles. The second-order valence-electron chi connectivity index (χ2n) is 5.50. The minimum absolute atomic E-state index is 0.587. The van der Waals surface area contributed by atoms with Crippen LogP contribution in [-0.2, 0) is 11.3 Å². The summed E-state index contributed by atoms with van der Waals surface area (Å²) in [5.41, 5.74) is 2.66. The van der Waals surface area contributed by atoms with Crippen molar-refractivity contribution in [1.29, 1.82) is 0 Å². The molecule has 0 heterocycles. The zero-order valence-corrected chi connectivity index (χ0v) is 14.2. The third-order valence-electron chi connectivity index (χ3n) is 3.94. The number of methoxy groups -OCH3 is 1. The van der Waals surface area contributed by atoms with E-state index in [1.165, 1.54) is 30.5 Å². The second kappa shape index (κ2) is 10.6. The molecule has 0 unspecified atom stereocenters. The highest BCUT2D eigenvalue weighted by Crippen LogP contribution is 2.21. The molecule has 0 aromatic heterocycles. The molecule has 0 saturated carbocycles. The summed E-state index contributed by atoms with van der Waals surface area (Å²) in [7, 11) is 1.77. The average Bonchev–Trinajstić information content (AvgIpc) is 2.52. The highest BCUT2D eigenvalue weighted by molar-refractivity contribution is 5.48. The van der Waals surface area contributed by atoms with Crippen molar-refractivity contribution in [2.24, 2.45) is 0 Å². The number of nitrogens with zero attached hydrogens (tertiary/aromatic N) is 1. The molecular formula is C18H32N2O. The summed E-state index contributed by atoms with van der Waals surface area (Å²) in [5.74, 6) is 0. The van der Waals surface area contributed by atoms with Crippen molar-refractivity contribution in [3.63, 3.8) is 0 Å². The Labute approximate surface area is 130 Å². The summed E-state index contributed by atoms with van der Waals surface area (Å²) in [4.78, 5) is 2.48. The normalized spacial score (nSPS) is 11.1. The molecule has 1 aromatic rings. The minimum Gasteiger partial charge on any atom is -0.383 e. The summed E-state index contributed by atoms with van der Waals surface area (Å²) in [6.45, 7) is 10.5. The number of ether oxygens (including phenoxy) is 1. The first-order valence-electron chi connectivity index (χ1n) is 8.31. The predicted octanol–water partition coefficient (Wildman–Crippen LogP) is 3.83. The van der Waals surface area contributed by atoms with Gasteiger partial charge in [-0.1, -0.05) is 32.9 Å². The Hall–Kier alpha value is -1.06. The molecule has 0 fully saturated rings. The number of rotatable bonds is 11. The third-order valence-corrected chi connectivity index (χ3v) is 3.94. The number of anilines is 1. The van der Waals surface area contributed by atoms with Crippen LogP contribution in [0.15, 0.2) is 24.3 Å². The molecule has 0 aliphatic rings. The lowest BCUT2D eigenvalue weighted by Gasteiger charge is -2.32. The Balaban J connectivity index is 2.72. The van der Waals surface area contributed by atoms with Gasteiger partial charge < -0.3 is 15.0 Å². The third kappa shape index (κ3) is 6.06. The molecule has 0 radical (unpaired) electrons. The largest absolute Gasteiger partial charge is 0.383 e. The number of nitrogens with one attached hydrogen (secondary N) is 1. The van der Waals surface area contributed by atoms with Crippen molar-refractivity contribution in [2.45, 2.75) is 52.6 Å². The Bertz CT molecular complexity index is 360. The van der Waals surface area contributed by atoms with Crippen LogP contribution < -0.4 is 10.2 Å². The molecule has 3 nitrogen and oxygen atoms in total. The standard InChI is InChI=1S/C18H32N2O/c1-5-12-19-15-16-8-10-18(11-9-16)20(13-14-21-4)17(6-2)7-3/h8-11,17,19H,5-7,12-15H2,1-4H3. The van der Waals surface area contributed by atoms with Gasteiger partial charge >= 0.3 is 0 Å². The Morgan fingerprint density at radius 3 is 2.29 bits per heavy atom. The van der Waals surface area contributed by atoms with Crippen LogP contribution in [0, 0.1) is 0 Å². The molecule has 0 amide bonds. The van der Waals surface area contributed by atoms with Crippen LogP contribution >= 0.6 is 0 Å². The van der Waals surface area contributed by atoms with E-state index in [9.17, 15) is 0 Å². The lowest BCUT2D eigenvalue weighted by atomic mass is 10.1. The maximum atomic E-state index is 5.27. The van der Waals surface area contributed by atoms with Gasteiger partial charge in [0.05, 0.1) is 6.61 Å². The van der Waals surface area contributed by atoms with E-state index < -0.39 is 0 Å². The molecule has 0 saturated heterocycles. The van der Waals surface area contributed by atoms with Gasteiger partial charge in [0.1, 0.15) is 0 Å². The lowest BCUT2D eigenvalue weighted by molar-refractivity contribution is 0.202. The van der Waals surface area contributed by atoms with Gasteiger partial charge in [-0.2, -0.15) is 0 Å². The molecule has 0 bridgehead atoms. The number of benzene rings is 1. The fourth-order valence-corrected chi connectivity index (χ4v) is 2.66. The monoisotopic (exact) mass is 292 g/mol. The Kier molecular flexibility index (Phi) is 9.11. The summed E-state index contributed by atoms with van der Waals surface area (Å²) in [6.07, 6.45) is 3.51. The molecule has 0 spiro atoms. The van der Waals surface area contributed by atoms with E-state index in [4.69, 9.17) is 4.74 Å². The first-order chi connectivity index (χ1) is 10.3.